The summed E-state index contributed by atoms with van der Waals surface area (Å²) in [5.41, 5.74) is 0. The number of hydrogen-bond acceptors (Lipinski definition) is 1. The molecule has 1 nitrogen and oxygen atoms in total. The van der Waals surface area contributed by atoms with Crippen molar-refractivity contribution < 1.29 is 64.9 Å². The van der Waals surface area contributed by atoms with Crippen LogP contribution >= 0.6 is 9.12 Å². The van der Waals surface area contributed by atoms with Crippen molar-refractivity contribution >= 4 is 9.12 Å². The molecule has 0 fully saturated rings. The summed E-state index contributed by atoms with van der Waals surface area (Å²) in [5.74, 6) is 0. The van der Waals surface area contributed by atoms with E-state index in [1.54, 1.807) is 9.12 Å². The van der Waals surface area contributed by atoms with E-state index in [9.17, 15) is 0 Å². The summed E-state index contributed by atoms with van der Waals surface area (Å²) in [4.78, 5) is 0. The fourth-order valence-corrected chi connectivity index (χ4v) is 0. The predicted octanol–water partition coefficient (Wildman–Crippen LogP) is 0.472. The molecule has 0 aromatic carbocycles. The van der Waals surface area contributed by atoms with Gasteiger partial charge in [-0.25, -0.2) is 0 Å². The topological polar surface area (TPSA) is 17.1 Å². The molecule has 0 aliphatic heterocycles. The molecule has 0 aromatic rings. The van der Waals surface area contributed by atoms with E-state index >= 15 is 0 Å². The fraction of sp³-hybridized carbons (Fsp3) is 0. The third kappa shape index (κ3) is 8.96. The van der Waals surface area contributed by atoms with E-state index in [4.69, 9.17) is 4.57 Å². The summed E-state index contributed by atoms with van der Waals surface area (Å²) in [6, 6.07) is 0. The molecule has 0 atom stereocenters. The summed E-state index contributed by atoms with van der Waals surface area (Å²) >= 11 is 0. The van der Waals surface area contributed by atoms with Crippen LogP contribution in [-0.2, 0) is 23.1 Å². The molecule has 0 rings (SSSR count). The van der Waals surface area contributed by atoms with Gasteiger partial charge in [0.05, 0.1) is 0 Å². The van der Waals surface area contributed by atoms with E-state index in [0.29, 0.717) is 0 Å². The smallest absolute Gasteiger partial charge is 0.138 e. The molecule has 0 bridgehead atoms. The molecule has 0 aliphatic carbocycles. The molecule has 0 spiro atoms. The third-order valence-corrected chi connectivity index (χ3v) is 0. The normalized spacial score (nSPS) is 1.00. The first-order chi connectivity index (χ1) is 1.00. The van der Waals surface area contributed by atoms with E-state index in [1.165, 1.54) is 0 Å². The van der Waals surface area contributed by atoms with E-state index < -0.39 is 0 Å². The monoisotopic (exact) mass is 239 g/mol. The first-order valence-electron chi connectivity index (χ1n) is 0.204. The van der Waals surface area contributed by atoms with Gasteiger partial charge in [0.1, 0.15) is 9.12 Å². The van der Waals surface area contributed by atoms with Crippen molar-refractivity contribution in [2.45, 2.75) is 0 Å². The Bertz CT molecular complexity index is 8.00. The Morgan fingerprint density at radius 2 is 1.25 bits per heavy atom. The van der Waals surface area contributed by atoms with Gasteiger partial charge in [-0.05, 0) is 0 Å². The van der Waals surface area contributed by atoms with E-state index in [2.05, 4.69) is 0 Å². The predicted molar refractivity (Wildman–Crippen MR) is 9.00 cm³/mol. The molecule has 0 amide bonds. The fourth-order valence-electron chi connectivity index (χ4n) is 0. The standard InChI is InChI=1S/Ce.HOP.V/c;1-2;/h;2H;. The van der Waals surface area contributed by atoms with Gasteiger partial charge in [-0.15, -0.1) is 0 Å². The summed E-state index contributed by atoms with van der Waals surface area (Å²) in [6.45, 7) is 0. The number of hydrogen-bond donors (Lipinski definition) is 0. The summed E-state index contributed by atoms with van der Waals surface area (Å²) in [5, 5.41) is 0. The third-order valence-electron chi connectivity index (χ3n) is 0. The molecule has 0 heterocycles. The van der Waals surface area contributed by atoms with Gasteiger partial charge in [0, 0.05) is 60.3 Å². The summed E-state index contributed by atoms with van der Waals surface area (Å²) in [7, 11) is 1.72. The molecule has 0 aliphatic rings. The molecule has 0 saturated carbocycles. The zero-order valence-electron chi connectivity index (χ0n) is 1.86. The largest absolute Gasteiger partial charge is 0.279 e. The van der Waals surface area contributed by atoms with E-state index in [0.717, 1.165) is 0 Å². The van der Waals surface area contributed by atoms with Crippen LogP contribution in [0.2, 0.25) is 0 Å². The molecule has 4 heteroatoms. The minimum absolute atomic E-state index is 0. The maximum Gasteiger partial charge on any atom is 0.138 e. The van der Waals surface area contributed by atoms with Gasteiger partial charge in [0.2, 0.25) is 0 Å². The van der Waals surface area contributed by atoms with Crippen molar-refractivity contribution in [1.29, 1.82) is 0 Å². The van der Waals surface area contributed by atoms with Crippen LogP contribution in [0.25, 0.3) is 0 Å². The quantitative estimate of drug-likeness (QED) is 0.561. The van der Waals surface area contributed by atoms with Crippen LogP contribution in [0, 0.1) is 41.7 Å². The van der Waals surface area contributed by atoms with Gasteiger partial charge < -0.3 is 0 Å². The Morgan fingerprint density at radius 1 is 1.25 bits per heavy atom. The van der Waals surface area contributed by atoms with Crippen molar-refractivity contribution in [2.75, 3.05) is 0 Å². The minimum atomic E-state index is 0. The van der Waals surface area contributed by atoms with Crippen molar-refractivity contribution in [3.05, 3.63) is 0 Å². The second-order valence-electron chi connectivity index (χ2n) is 0. The molecule has 0 aromatic heterocycles. The molecule has 21 valence electrons. The molecule has 1 radical (unpaired) electrons. The molecule has 0 saturated heterocycles. The van der Waals surface area contributed by atoms with Gasteiger partial charge in [-0.2, -0.15) is 0 Å². The molecule has 0 N–H and O–H groups in total. The van der Waals surface area contributed by atoms with Crippen molar-refractivity contribution in [2.24, 2.45) is 0 Å². The molecule has 0 unspecified atom stereocenters. The van der Waals surface area contributed by atoms with Crippen LogP contribution in [0.1, 0.15) is 0 Å². The van der Waals surface area contributed by atoms with Crippen molar-refractivity contribution in [3.63, 3.8) is 0 Å². The maximum atomic E-state index is 8.06. The Balaban J connectivity index is -0.00000000500. The second-order valence-corrected chi connectivity index (χ2v) is 0. The average Bonchev–Trinajstić information content (AvgIpc) is 1.00. The van der Waals surface area contributed by atoms with Crippen LogP contribution in [0.5, 0.6) is 0 Å². The molecule has 4 heavy (non-hydrogen) atoms. The summed E-state index contributed by atoms with van der Waals surface area (Å²) < 4.78 is 8.06. The van der Waals surface area contributed by atoms with Crippen LogP contribution in [-0.4, -0.2) is 0 Å². The van der Waals surface area contributed by atoms with Gasteiger partial charge in [0.25, 0.3) is 0 Å². The Kier molecular flexibility index (Phi) is 81.4. The first-order valence-corrected chi connectivity index (χ1v) is 0.612. The average molecular weight is 239 g/mol. The van der Waals surface area contributed by atoms with Crippen LogP contribution < -0.4 is 0 Å². The Hall–Kier alpha value is 2.06. The van der Waals surface area contributed by atoms with Crippen LogP contribution in [0.4, 0.5) is 0 Å². The van der Waals surface area contributed by atoms with Gasteiger partial charge in [-0.1, -0.05) is 0 Å². The van der Waals surface area contributed by atoms with E-state index in [1.807, 2.05) is 0 Å². The van der Waals surface area contributed by atoms with Gasteiger partial charge in [0.15, 0.2) is 0 Å². The van der Waals surface area contributed by atoms with E-state index in [-0.39, 0.29) is 60.3 Å². The first kappa shape index (κ1) is 16.6. The van der Waals surface area contributed by atoms with Crippen molar-refractivity contribution in [3.8, 4) is 0 Å². The zero-order valence-corrected chi connectivity index (χ0v) is 7.39. The summed E-state index contributed by atoms with van der Waals surface area (Å²) in [6.07, 6.45) is 0. The Morgan fingerprint density at radius 3 is 1.25 bits per heavy atom. The zero-order chi connectivity index (χ0) is 2.00. The van der Waals surface area contributed by atoms with Gasteiger partial charge in [-0.3, -0.25) is 4.57 Å². The van der Waals surface area contributed by atoms with Crippen LogP contribution in [0.3, 0.4) is 0 Å². The maximum absolute atomic E-state index is 8.06. The second kappa shape index (κ2) is 19.6. The molecular weight excluding hydrogens is 238 g/mol. The Labute approximate surface area is 72.8 Å². The molecular formula is HCeOPV. The van der Waals surface area contributed by atoms with Crippen molar-refractivity contribution in [1.82, 2.24) is 0 Å². The minimum Gasteiger partial charge on any atom is -0.279 e. The number of rotatable bonds is 0. The SMILES string of the molecule is O=P.[Ce].[V]. The van der Waals surface area contributed by atoms with Gasteiger partial charge >= 0.3 is 0 Å². The van der Waals surface area contributed by atoms with Crippen LogP contribution in [0.15, 0.2) is 0 Å².